The molecular weight excluding hydrogens is 779 g/mol. The summed E-state index contributed by atoms with van der Waals surface area (Å²) >= 11 is 3.66. The minimum atomic E-state index is -0.453. The summed E-state index contributed by atoms with van der Waals surface area (Å²) in [5.41, 5.74) is 15.7. The molecule has 0 radical (unpaired) electrons. The first-order valence-corrected chi connectivity index (χ1v) is 21.1. The normalized spacial score (nSPS) is 13.0. The van der Waals surface area contributed by atoms with Crippen molar-refractivity contribution in [2.24, 2.45) is 0 Å². The second-order valence-corrected chi connectivity index (χ2v) is 16.6. The first-order valence-electron chi connectivity index (χ1n) is 20.3. The minimum Gasteiger partial charge on any atom is -0.309 e. The van der Waals surface area contributed by atoms with E-state index in [2.05, 4.69) is 239 Å². The number of benzene rings is 10. The monoisotopic (exact) mass is 813 g/mol. The van der Waals surface area contributed by atoms with Gasteiger partial charge in [-0.15, -0.1) is 0 Å². The van der Waals surface area contributed by atoms with Crippen molar-refractivity contribution in [3.05, 3.63) is 245 Å². The molecular formula is C57H36BrN. The molecule has 11 aromatic rings. The zero-order valence-electron chi connectivity index (χ0n) is 32.1. The second-order valence-electron chi connectivity index (χ2n) is 15.7. The van der Waals surface area contributed by atoms with Crippen molar-refractivity contribution in [3.63, 3.8) is 0 Å². The van der Waals surface area contributed by atoms with Gasteiger partial charge in [-0.1, -0.05) is 204 Å². The molecule has 1 aliphatic rings. The first kappa shape index (κ1) is 34.1. The number of nitrogens with zero attached hydrogens (tertiary/aromatic N) is 1. The Morgan fingerprint density at radius 1 is 0.373 bits per heavy atom. The maximum Gasteiger partial charge on any atom is 0.0713 e. The van der Waals surface area contributed by atoms with Gasteiger partial charge in [-0.2, -0.15) is 0 Å². The highest BCUT2D eigenvalue weighted by Crippen LogP contribution is 2.57. The van der Waals surface area contributed by atoms with E-state index >= 15 is 0 Å². The van der Waals surface area contributed by atoms with Crippen molar-refractivity contribution < 1.29 is 0 Å². The molecule has 0 unspecified atom stereocenters. The summed E-state index contributed by atoms with van der Waals surface area (Å²) in [7, 11) is 0. The largest absolute Gasteiger partial charge is 0.309 e. The Balaban J connectivity index is 1.16. The molecule has 1 aromatic heterocycles. The van der Waals surface area contributed by atoms with E-state index in [1.54, 1.807) is 0 Å². The number of hydrogen-bond acceptors (Lipinski definition) is 0. The fraction of sp³-hybridized carbons (Fsp3) is 0.0175. The zero-order valence-corrected chi connectivity index (χ0v) is 33.7. The molecule has 59 heavy (non-hydrogen) atoms. The Morgan fingerprint density at radius 2 is 1.02 bits per heavy atom. The average molecular weight is 815 g/mol. The molecule has 1 aliphatic carbocycles. The van der Waals surface area contributed by atoms with Crippen LogP contribution in [0.5, 0.6) is 0 Å². The molecule has 0 saturated carbocycles. The Bertz CT molecular complexity index is 3390. The van der Waals surface area contributed by atoms with Crippen molar-refractivity contribution in [2.75, 3.05) is 0 Å². The average Bonchev–Trinajstić information content (AvgIpc) is 3.80. The highest BCUT2D eigenvalue weighted by Gasteiger charge is 2.46. The van der Waals surface area contributed by atoms with Crippen LogP contribution in [0, 0.1) is 0 Å². The molecule has 276 valence electrons. The molecule has 2 heteroatoms. The summed E-state index contributed by atoms with van der Waals surface area (Å²) in [6.07, 6.45) is 0. The Morgan fingerprint density at radius 3 is 1.78 bits per heavy atom. The van der Waals surface area contributed by atoms with Crippen LogP contribution in [0.25, 0.3) is 82.4 Å². The minimum absolute atomic E-state index is 0.453. The van der Waals surface area contributed by atoms with Gasteiger partial charge in [0.25, 0.3) is 0 Å². The van der Waals surface area contributed by atoms with Crippen LogP contribution >= 0.6 is 15.9 Å². The number of fused-ring (bicyclic) bond motifs is 10. The van der Waals surface area contributed by atoms with E-state index < -0.39 is 5.41 Å². The molecule has 0 bridgehead atoms. The van der Waals surface area contributed by atoms with Crippen LogP contribution < -0.4 is 0 Å². The zero-order chi connectivity index (χ0) is 39.1. The lowest BCUT2D eigenvalue weighted by molar-refractivity contribution is 0.768. The standard InChI is InChI=1S/C57H36BrN/c58-43-20-13-15-40(34-43)37-26-28-39(29-27-37)50-36-54-55(48-24-10-9-22-46(48)50)49-32-30-38-14-7-8-21-45(38)56(49)59(54)44-31-33-53-51(35-44)47-23-11-12-25-52(47)57(53,41-16-3-1-4-17-41)42-18-5-2-6-19-42/h1-36H. The third-order valence-corrected chi connectivity index (χ3v) is 13.2. The van der Waals surface area contributed by atoms with Crippen molar-refractivity contribution >= 4 is 59.3 Å². The van der Waals surface area contributed by atoms with Gasteiger partial charge >= 0.3 is 0 Å². The van der Waals surface area contributed by atoms with E-state index in [0.29, 0.717) is 0 Å². The van der Waals surface area contributed by atoms with Crippen molar-refractivity contribution in [1.82, 2.24) is 4.57 Å². The van der Waals surface area contributed by atoms with Gasteiger partial charge in [0.2, 0.25) is 0 Å². The van der Waals surface area contributed by atoms with E-state index in [1.807, 2.05) is 0 Å². The SMILES string of the molecule is Brc1cccc(-c2ccc(-c3cc4c(c5ccccc35)c3ccc5ccccc5c3n4-c3ccc4c(c3)-c3ccccc3C4(c3ccccc3)c3ccccc3)cc2)c1. The molecule has 1 heterocycles. The molecule has 0 aliphatic heterocycles. The number of halogens is 1. The van der Waals surface area contributed by atoms with Gasteiger partial charge in [-0.05, 0) is 102 Å². The second kappa shape index (κ2) is 13.3. The third-order valence-electron chi connectivity index (χ3n) is 12.7. The van der Waals surface area contributed by atoms with E-state index in [-0.39, 0.29) is 0 Å². The predicted octanol–water partition coefficient (Wildman–Crippen LogP) is 15.5. The van der Waals surface area contributed by atoms with E-state index in [4.69, 9.17) is 0 Å². The maximum absolute atomic E-state index is 3.66. The number of rotatable bonds is 5. The van der Waals surface area contributed by atoms with Gasteiger partial charge in [0, 0.05) is 26.3 Å². The van der Waals surface area contributed by atoms with Crippen LogP contribution in [0.2, 0.25) is 0 Å². The van der Waals surface area contributed by atoms with Crippen molar-refractivity contribution in [3.8, 4) is 39.1 Å². The third kappa shape index (κ3) is 5.03. The fourth-order valence-corrected chi connectivity index (χ4v) is 10.6. The molecule has 0 spiro atoms. The lowest BCUT2D eigenvalue weighted by atomic mass is 9.68. The summed E-state index contributed by atoms with van der Waals surface area (Å²) in [6.45, 7) is 0. The lowest BCUT2D eigenvalue weighted by Crippen LogP contribution is -2.28. The van der Waals surface area contributed by atoms with Gasteiger partial charge < -0.3 is 4.57 Å². The summed E-state index contributed by atoms with van der Waals surface area (Å²) < 4.78 is 3.63. The summed E-state index contributed by atoms with van der Waals surface area (Å²) in [6, 6.07) is 80.9. The van der Waals surface area contributed by atoms with Gasteiger partial charge in [0.1, 0.15) is 0 Å². The Kier molecular flexibility index (Phi) is 7.67. The van der Waals surface area contributed by atoms with Crippen LogP contribution in [-0.2, 0) is 5.41 Å². The van der Waals surface area contributed by atoms with Gasteiger partial charge in [-0.3, -0.25) is 0 Å². The number of hydrogen-bond donors (Lipinski definition) is 0. The van der Waals surface area contributed by atoms with E-state index in [1.165, 1.54) is 99.0 Å². The van der Waals surface area contributed by atoms with Crippen LogP contribution in [0.4, 0.5) is 0 Å². The molecule has 10 aromatic carbocycles. The van der Waals surface area contributed by atoms with E-state index in [9.17, 15) is 0 Å². The molecule has 0 fully saturated rings. The van der Waals surface area contributed by atoms with Crippen LogP contribution in [-0.4, -0.2) is 4.57 Å². The van der Waals surface area contributed by atoms with Gasteiger partial charge in [0.05, 0.1) is 16.4 Å². The van der Waals surface area contributed by atoms with E-state index in [0.717, 1.165) is 10.2 Å². The lowest BCUT2D eigenvalue weighted by Gasteiger charge is -2.33. The predicted molar refractivity (Wildman–Crippen MR) is 252 cm³/mol. The molecule has 12 rings (SSSR count). The molecule has 0 N–H and O–H groups in total. The highest BCUT2D eigenvalue weighted by atomic mass is 79.9. The number of aromatic nitrogens is 1. The Labute approximate surface area is 351 Å². The summed E-state index contributed by atoms with van der Waals surface area (Å²) in [5.74, 6) is 0. The van der Waals surface area contributed by atoms with Crippen molar-refractivity contribution in [2.45, 2.75) is 5.41 Å². The summed E-state index contributed by atoms with van der Waals surface area (Å²) in [4.78, 5) is 0. The fourth-order valence-electron chi connectivity index (χ4n) is 10.2. The molecule has 0 amide bonds. The van der Waals surface area contributed by atoms with Crippen molar-refractivity contribution in [1.29, 1.82) is 0 Å². The van der Waals surface area contributed by atoms with Crippen LogP contribution in [0.3, 0.4) is 0 Å². The molecule has 0 atom stereocenters. The van der Waals surface area contributed by atoms with Crippen LogP contribution in [0.15, 0.2) is 223 Å². The summed E-state index contributed by atoms with van der Waals surface area (Å²) in [5, 5.41) is 7.52. The quantitative estimate of drug-likeness (QED) is 0.163. The topological polar surface area (TPSA) is 4.93 Å². The molecule has 0 saturated heterocycles. The highest BCUT2D eigenvalue weighted by molar-refractivity contribution is 9.10. The van der Waals surface area contributed by atoms with Gasteiger partial charge in [-0.25, -0.2) is 0 Å². The molecule has 1 nitrogen and oxygen atoms in total. The van der Waals surface area contributed by atoms with Crippen LogP contribution in [0.1, 0.15) is 22.3 Å². The maximum atomic E-state index is 3.66. The first-order chi connectivity index (χ1) is 29.2. The Hall–Kier alpha value is -7.00. The van der Waals surface area contributed by atoms with Gasteiger partial charge in [0.15, 0.2) is 0 Å². The smallest absolute Gasteiger partial charge is 0.0713 e.